The van der Waals surface area contributed by atoms with Crippen LogP contribution in [0.15, 0.2) is 28.7 Å². The minimum absolute atomic E-state index is 0.247. The predicted octanol–water partition coefficient (Wildman–Crippen LogP) is 4.46. The summed E-state index contributed by atoms with van der Waals surface area (Å²) >= 11 is 3.37. The molecule has 0 radical (unpaired) electrons. The van der Waals surface area contributed by atoms with Gasteiger partial charge in [0.15, 0.2) is 5.78 Å². The fraction of sp³-hybridized carbons (Fsp3) is 0.462. The van der Waals surface area contributed by atoms with Gasteiger partial charge in [-0.1, -0.05) is 48.3 Å². The Morgan fingerprint density at radius 2 is 2.13 bits per heavy atom. The van der Waals surface area contributed by atoms with Gasteiger partial charge in [0.1, 0.15) is 0 Å². The van der Waals surface area contributed by atoms with Crippen molar-refractivity contribution in [3.63, 3.8) is 0 Å². The zero-order valence-corrected chi connectivity index (χ0v) is 10.9. The van der Waals surface area contributed by atoms with E-state index in [1.807, 2.05) is 24.3 Å². The number of benzene rings is 1. The van der Waals surface area contributed by atoms with E-state index in [1.54, 1.807) is 0 Å². The highest BCUT2D eigenvalue weighted by atomic mass is 79.9. The lowest BCUT2D eigenvalue weighted by Crippen LogP contribution is -1.99. The molecule has 0 fully saturated rings. The van der Waals surface area contributed by atoms with E-state index in [2.05, 4.69) is 29.8 Å². The van der Waals surface area contributed by atoms with Gasteiger partial charge in [-0.2, -0.15) is 0 Å². The van der Waals surface area contributed by atoms with Crippen LogP contribution in [0.5, 0.6) is 0 Å². The third-order valence-electron chi connectivity index (χ3n) is 2.33. The molecule has 0 amide bonds. The van der Waals surface area contributed by atoms with Gasteiger partial charge in [-0.05, 0) is 24.5 Å². The summed E-state index contributed by atoms with van der Waals surface area (Å²) in [5.41, 5.74) is 0.813. The van der Waals surface area contributed by atoms with Crippen LogP contribution < -0.4 is 0 Å². The van der Waals surface area contributed by atoms with Crippen molar-refractivity contribution in [2.75, 3.05) is 0 Å². The van der Waals surface area contributed by atoms with Gasteiger partial charge in [0.2, 0.25) is 0 Å². The molecule has 1 aromatic rings. The maximum absolute atomic E-state index is 11.8. The highest BCUT2D eigenvalue weighted by Crippen LogP contribution is 2.15. The van der Waals surface area contributed by atoms with Gasteiger partial charge < -0.3 is 0 Å². The summed E-state index contributed by atoms with van der Waals surface area (Å²) in [6, 6.07) is 7.60. The van der Waals surface area contributed by atoms with E-state index in [-0.39, 0.29) is 5.78 Å². The maximum Gasteiger partial charge on any atom is 0.162 e. The number of carbonyl (C=O) groups is 1. The Balaban J connectivity index is 2.47. The van der Waals surface area contributed by atoms with Crippen molar-refractivity contribution in [2.45, 2.75) is 33.1 Å². The smallest absolute Gasteiger partial charge is 0.162 e. The van der Waals surface area contributed by atoms with Crippen LogP contribution in [0.2, 0.25) is 0 Å². The third kappa shape index (κ3) is 4.61. The highest BCUT2D eigenvalue weighted by Gasteiger charge is 2.06. The van der Waals surface area contributed by atoms with Crippen molar-refractivity contribution in [1.82, 2.24) is 0 Å². The topological polar surface area (TPSA) is 17.1 Å². The molecule has 2 heteroatoms. The second-order valence-electron chi connectivity index (χ2n) is 4.22. The number of Topliss-reactive ketones (excluding diaryl/α,β-unsaturated/α-hetero) is 1. The molecular weight excluding hydrogens is 252 g/mol. The second-order valence-corrected chi connectivity index (χ2v) is 5.14. The summed E-state index contributed by atoms with van der Waals surface area (Å²) < 4.78 is 0.970. The molecule has 82 valence electrons. The zero-order valence-electron chi connectivity index (χ0n) is 9.29. The maximum atomic E-state index is 11.8. The van der Waals surface area contributed by atoms with Crippen LogP contribution in [-0.4, -0.2) is 5.78 Å². The third-order valence-corrected chi connectivity index (χ3v) is 2.83. The summed E-state index contributed by atoms with van der Waals surface area (Å²) in [6.07, 6.45) is 2.78. The van der Waals surface area contributed by atoms with E-state index >= 15 is 0 Å². The van der Waals surface area contributed by atoms with Crippen LogP contribution in [0.3, 0.4) is 0 Å². The van der Waals surface area contributed by atoms with Crippen LogP contribution in [-0.2, 0) is 0 Å². The number of hydrogen-bond donors (Lipinski definition) is 0. The van der Waals surface area contributed by atoms with Gasteiger partial charge in [-0.3, -0.25) is 4.79 Å². The Morgan fingerprint density at radius 3 is 2.73 bits per heavy atom. The zero-order chi connectivity index (χ0) is 11.3. The van der Waals surface area contributed by atoms with Gasteiger partial charge in [0.25, 0.3) is 0 Å². The molecule has 0 saturated carbocycles. The number of rotatable bonds is 5. The molecule has 1 aromatic carbocycles. The molecule has 15 heavy (non-hydrogen) atoms. The lowest BCUT2D eigenvalue weighted by molar-refractivity contribution is 0.0978. The molecule has 0 aromatic heterocycles. The molecule has 1 rings (SSSR count). The van der Waals surface area contributed by atoms with Crippen LogP contribution in [0, 0.1) is 5.92 Å². The standard InChI is InChI=1S/C13H17BrO/c1-10(2)5-3-8-13(15)11-6-4-7-12(14)9-11/h4,6-7,9-10H,3,5,8H2,1-2H3. The molecule has 0 heterocycles. The van der Waals surface area contributed by atoms with Gasteiger partial charge in [-0.15, -0.1) is 0 Å². The molecular formula is C13H17BrO. The second kappa shape index (κ2) is 6.06. The lowest BCUT2D eigenvalue weighted by atomic mass is 10.0. The lowest BCUT2D eigenvalue weighted by Gasteiger charge is -2.04. The minimum Gasteiger partial charge on any atom is -0.294 e. The summed E-state index contributed by atoms with van der Waals surface area (Å²) in [5.74, 6) is 0.928. The molecule has 0 aliphatic rings. The first-order valence-electron chi connectivity index (χ1n) is 5.38. The monoisotopic (exact) mass is 268 g/mol. The van der Waals surface area contributed by atoms with E-state index in [0.717, 1.165) is 22.9 Å². The SMILES string of the molecule is CC(C)CCCC(=O)c1cccc(Br)c1. The molecule has 0 spiro atoms. The molecule has 0 atom stereocenters. The number of hydrogen-bond acceptors (Lipinski definition) is 1. The Kier molecular flexibility index (Phi) is 5.03. The average molecular weight is 269 g/mol. The molecule has 0 aliphatic heterocycles. The van der Waals surface area contributed by atoms with E-state index in [9.17, 15) is 4.79 Å². The first-order chi connectivity index (χ1) is 7.09. The summed E-state index contributed by atoms with van der Waals surface area (Å²) in [7, 11) is 0. The average Bonchev–Trinajstić information content (AvgIpc) is 2.17. The Bertz CT molecular complexity index is 331. The van der Waals surface area contributed by atoms with Gasteiger partial charge in [-0.25, -0.2) is 0 Å². The molecule has 1 nitrogen and oxygen atoms in total. The Labute approximate surface area is 100 Å². The molecule has 0 unspecified atom stereocenters. The summed E-state index contributed by atoms with van der Waals surface area (Å²) in [4.78, 5) is 11.8. The van der Waals surface area contributed by atoms with E-state index in [0.29, 0.717) is 12.3 Å². The molecule has 0 aliphatic carbocycles. The Hall–Kier alpha value is -0.630. The van der Waals surface area contributed by atoms with Gasteiger partial charge in [0.05, 0.1) is 0 Å². The van der Waals surface area contributed by atoms with E-state index < -0.39 is 0 Å². The van der Waals surface area contributed by atoms with E-state index in [4.69, 9.17) is 0 Å². The van der Waals surface area contributed by atoms with Crippen molar-refractivity contribution in [3.05, 3.63) is 34.3 Å². The fourth-order valence-corrected chi connectivity index (χ4v) is 1.88. The molecule has 0 bridgehead atoms. The fourth-order valence-electron chi connectivity index (χ4n) is 1.48. The van der Waals surface area contributed by atoms with E-state index in [1.165, 1.54) is 0 Å². The van der Waals surface area contributed by atoms with Crippen LogP contribution in [0.1, 0.15) is 43.5 Å². The van der Waals surface area contributed by atoms with Crippen LogP contribution in [0.4, 0.5) is 0 Å². The molecule has 0 saturated heterocycles. The van der Waals surface area contributed by atoms with Crippen molar-refractivity contribution < 1.29 is 4.79 Å². The minimum atomic E-state index is 0.247. The van der Waals surface area contributed by atoms with Crippen molar-refractivity contribution in [2.24, 2.45) is 5.92 Å². The largest absolute Gasteiger partial charge is 0.294 e. The van der Waals surface area contributed by atoms with Crippen molar-refractivity contribution in [3.8, 4) is 0 Å². The van der Waals surface area contributed by atoms with Gasteiger partial charge in [0, 0.05) is 16.5 Å². The van der Waals surface area contributed by atoms with Gasteiger partial charge >= 0.3 is 0 Å². The van der Waals surface area contributed by atoms with Crippen LogP contribution in [0.25, 0.3) is 0 Å². The number of halogens is 1. The van der Waals surface area contributed by atoms with Crippen LogP contribution >= 0.6 is 15.9 Å². The quantitative estimate of drug-likeness (QED) is 0.721. The number of ketones is 1. The number of carbonyl (C=O) groups excluding carboxylic acids is 1. The normalized spacial score (nSPS) is 10.7. The summed E-state index contributed by atoms with van der Waals surface area (Å²) in [5, 5.41) is 0. The summed E-state index contributed by atoms with van der Waals surface area (Å²) in [6.45, 7) is 4.37. The first kappa shape index (κ1) is 12.4. The predicted molar refractivity (Wildman–Crippen MR) is 67.2 cm³/mol. The highest BCUT2D eigenvalue weighted by molar-refractivity contribution is 9.10. The first-order valence-corrected chi connectivity index (χ1v) is 6.17. The Morgan fingerprint density at radius 1 is 1.40 bits per heavy atom. The van der Waals surface area contributed by atoms with Crippen molar-refractivity contribution in [1.29, 1.82) is 0 Å². The van der Waals surface area contributed by atoms with Crippen molar-refractivity contribution >= 4 is 21.7 Å². The molecule has 0 N–H and O–H groups in total.